The lowest BCUT2D eigenvalue weighted by molar-refractivity contribution is -0.116. The molecule has 1 heterocycles. The fourth-order valence-corrected chi connectivity index (χ4v) is 4.96. The maximum atomic E-state index is 12.4. The fraction of sp³-hybridized carbons (Fsp3) is 0.185. The Balaban J connectivity index is 1.28. The second-order valence-corrected chi connectivity index (χ2v) is 9.96. The number of aromatic nitrogens is 1. The zero-order chi connectivity index (χ0) is 24.1. The van der Waals surface area contributed by atoms with E-state index in [0.29, 0.717) is 24.6 Å². The van der Waals surface area contributed by atoms with Crippen molar-refractivity contribution >= 4 is 49.9 Å². The summed E-state index contributed by atoms with van der Waals surface area (Å²) in [6.45, 7) is 4.32. The third kappa shape index (κ3) is 5.87. The molecule has 0 unspecified atom stereocenters. The average molecular weight is 556 g/mol. The number of benzene rings is 3. The van der Waals surface area contributed by atoms with E-state index in [1.807, 2.05) is 43.5 Å². The van der Waals surface area contributed by atoms with E-state index in [1.165, 1.54) is 16.9 Å². The molecule has 0 fully saturated rings. The molecule has 7 heteroatoms. The van der Waals surface area contributed by atoms with Crippen LogP contribution in [0, 0.1) is 13.8 Å². The van der Waals surface area contributed by atoms with Crippen LogP contribution in [0.1, 0.15) is 24.0 Å². The summed E-state index contributed by atoms with van der Waals surface area (Å²) in [5.74, 6) is 0.661. The summed E-state index contributed by atoms with van der Waals surface area (Å²) in [7, 11) is 0. The summed E-state index contributed by atoms with van der Waals surface area (Å²) >= 11 is 11.2. The third-order valence-electron chi connectivity index (χ3n) is 5.41. The maximum Gasteiger partial charge on any atom is 0.226 e. The number of rotatable bonds is 8. The molecule has 0 saturated carbocycles. The molecule has 1 amide bonds. The standard InChI is InChI=1S/C27H24BrClN2O2S/c1-17-15-23(25(28)18(2)26(17)29)33-14-6-9-24(32)31-27-30-22(16-34-27)21-12-10-20(11-13-21)19-7-4-3-5-8-19/h3-5,7-8,10-13,15-16H,6,9,14H2,1-2H3,(H,30,31,32). The van der Waals surface area contributed by atoms with E-state index >= 15 is 0 Å². The van der Waals surface area contributed by atoms with Gasteiger partial charge in [0.2, 0.25) is 5.91 Å². The van der Waals surface area contributed by atoms with Crippen molar-refractivity contribution in [2.75, 3.05) is 11.9 Å². The Bertz CT molecular complexity index is 1290. The van der Waals surface area contributed by atoms with Crippen molar-refractivity contribution in [3.8, 4) is 28.1 Å². The number of hydrogen-bond donors (Lipinski definition) is 1. The summed E-state index contributed by atoms with van der Waals surface area (Å²) < 4.78 is 6.71. The van der Waals surface area contributed by atoms with Crippen LogP contribution >= 0.6 is 38.9 Å². The molecule has 1 N–H and O–H groups in total. The van der Waals surface area contributed by atoms with E-state index in [4.69, 9.17) is 16.3 Å². The van der Waals surface area contributed by atoms with Crippen LogP contribution in [-0.4, -0.2) is 17.5 Å². The fourth-order valence-electron chi connectivity index (χ4n) is 3.53. The van der Waals surface area contributed by atoms with Crippen molar-refractivity contribution in [1.82, 2.24) is 4.98 Å². The molecule has 34 heavy (non-hydrogen) atoms. The molecule has 0 bridgehead atoms. The normalized spacial score (nSPS) is 10.8. The van der Waals surface area contributed by atoms with Gasteiger partial charge in [-0.2, -0.15) is 0 Å². The average Bonchev–Trinajstić information content (AvgIpc) is 3.32. The molecule has 0 saturated heterocycles. The summed E-state index contributed by atoms with van der Waals surface area (Å²) in [6, 6.07) is 20.4. The number of nitrogens with one attached hydrogen (secondary N) is 1. The first-order valence-corrected chi connectivity index (χ1v) is 13.0. The second-order valence-electron chi connectivity index (χ2n) is 7.93. The highest BCUT2D eigenvalue weighted by Gasteiger charge is 2.12. The van der Waals surface area contributed by atoms with E-state index in [-0.39, 0.29) is 5.91 Å². The van der Waals surface area contributed by atoms with Gasteiger partial charge in [-0.25, -0.2) is 4.98 Å². The minimum absolute atomic E-state index is 0.0774. The van der Waals surface area contributed by atoms with Crippen molar-refractivity contribution in [2.45, 2.75) is 26.7 Å². The van der Waals surface area contributed by atoms with Gasteiger partial charge < -0.3 is 10.1 Å². The highest BCUT2D eigenvalue weighted by molar-refractivity contribution is 9.10. The Morgan fingerprint density at radius 2 is 1.74 bits per heavy atom. The molecule has 0 aliphatic carbocycles. The molecule has 1 aromatic heterocycles. The van der Waals surface area contributed by atoms with Crippen LogP contribution in [0.25, 0.3) is 22.4 Å². The van der Waals surface area contributed by atoms with Crippen molar-refractivity contribution < 1.29 is 9.53 Å². The molecular formula is C27H24BrClN2O2S. The Morgan fingerprint density at radius 3 is 2.47 bits per heavy atom. The highest BCUT2D eigenvalue weighted by Crippen LogP contribution is 2.35. The molecule has 0 radical (unpaired) electrons. The van der Waals surface area contributed by atoms with E-state index in [0.717, 1.165) is 43.2 Å². The zero-order valence-corrected chi connectivity index (χ0v) is 22.1. The van der Waals surface area contributed by atoms with Gasteiger partial charge in [0.25, 0.3) is 0 Å². The smallest absolute Gasteiger partial charge is 0.226 e. The quantitative estimate of drug-likeness (QED) is 0.222. The maximum absolute atomic E-state index is 12.4. The van der Waals surface area contributed by atoms with Crippen molar-refractivity contribution in [3.63, 3.8) is 0 Å². The number of halogens is 2. The van der Waals surface area contributed by atoms with Gasteiger partial charge in [-0.05, 0) is 64.5 Å². The number of nitrogens with zero attached hydrogens (tertiary/aromatic N) is 1. The Hall–Kier alpha value is -2.67. The predicted molar refractivity (Wildman–Crippen MR) is 145 cm³/mol. The number of carbonyl (C=O) groups is 1. The minimum Gasteiger partial charge on any atom is -0.492 e. The number of aryl methyl sites for hydroxylation is 1. The lowest BCUT2D eigenvalue weighted by atomic mass is 10.0. The first-order chi connectivity index (χ1) is 16.4. The van der Waals surface area contributed by atoms with E-state index in [1.54, 1.807) is 0 Å². The summed E-state index contributed by atoms with van der Waals surface area (Å²) in [5, 5.41) is 6.18. The largest absolute Gasteiger partial charge is 0.492 e. The minimum atomic E-state index is -0.0774. The molecule has 4 nitrogen and oxygen atoms in total. The first kappa shape index (κ1) is 24.5. The van der Waals surface area contributed by atoms with E-state index in [9.17, 15) is 4.79 Å². The van der Waals surface area contributed by atoms with Gasteiger partial charge in [0, 0.05) is 22.4 Å². The summed E-state index contributed by atoms with van der Waals surface area (Å²) in [4.78, 5) is 16.9. The van der Waals surface area contributed by atoms with Gasteiger partial charge >= 0.3 is 0 Å². The molecule has 174 valence electrons. The molecule has 0 spiro atoms. The van der Waals surface area contributed by atoms with Crippen LogP contribution in [-0.2, 0) is 4.79 Å². The topological polar surface area (TPSA) is 51.2 Å². The number of hydrogen-bond acceptors (Lipinski definition) is 4. The molecule has 0 aliphatic heterocycles. The number of anilines is 1. The number of thiazole rings is 1. The summed E-state index contributed by atoms with van der Waals surface area (Å²) in [6.07, 6.45) is 0.946. The molecular weight excluding hydrogens is 532 g/mol. The van der Waals surface area contributed by atoms with Gasteiger partial charge in [0.1, 0.15) is 5.75 Å². The van der Waals surface area contributed by atoms with Crippen LogP contribution in [0.3, 0.4) is 0 Å². The van der Waals surface area contributed by atoms with Crippen LogP contribution < -0.4 is 10.1 Å². The number of ether oxygens (including phenoxy) is 1. The zero-order valence-electron chi connectivity index (χ0n) is 18.9. The van der Waals surface area contributed by atoms with E-state index < -0.39 is 0 Å². The third-order valence-corrected chi connectivity index (χ3v) is 7.74. The monoisotopic (exact) mass is 554 g/mol. The lowest BCUT2D eigenvalue weighted by Gasteiger charge is -2.13. The molecule has 0 aliphatic rings. The Kier molecular flexibility index (Phi) is 8.03. The Morgan fingerprint density at radius 1 is 1.06 bits per heavy atom. The predicted octanol–water partition coefficient (Wildman–Crippen LogP) is 8.31. The van der Waals surface area contributed by atoms with E-state index in [2.05, 4.69) is 62.6 Å². The first-order valence-electron chi connectivity index (χ1n) is 10.9. The number of carbonyl (C=O) groups excluding carboxylic acids is 1. The SMILES string of the molecule is Cc1cc(OCCCC(=O)Nc2nc(-c3ccc(-c4ccccc4)cc3)cs2)c(Br)c(C)c1Cl. The van der Waals surface area contributed by atoms with Crippen molar-refractivity contribution in [2.24, 2.45) is 0 Å². The van der Waals surface area contributed by atoms with Crippen molar-refractivity contribution in [1.29, 1.82) is 0 Å². The van der Waals surface area contributed by atoms with Crippen LogP contribution in [0.4, 0.5) is 5.13 Å². The van der Waals surface area contributed by atoms with Gasteiger partial charge in [-0.1, -0.05) is 66.2 Å². The van der Waals surface area contributed by atoms with Crippen LogP contribution in [0.15, 0.2) is 70.5 Å². The highest BCUT2D eigenvalue weighted by atomic mass is 79.9. The molecule has 0 atom stereocenters. The lowest BCUT2D eigenvalue weighted by Crippen LogP contribution is -2.12. The van der Waals surface area contributed by atoms with Gasteiger partial charge in [0.15, 0.2) is 5.13 Å². The molecule has 4 rings (SSSR count). The molecule has 4 aromatic rings. The summed E-state index contributed by atoms with van der Waals surface area (Å²) in [5.41, 5.74) is 6.11. The van der Waals surface area contributed by atoms with Gasteiger partial charge in [0.05, 0.1) is 16.8 Å². The molecule has 3 aromatic carbocycles. The van der Waals surface area contributed by atoms with Crippen LogP contribution in [0.2, 0.25) is 5.02 Å². The van der Waals surface area contributed by atoms with Crippen molar-refractivity contribution in [3.05, 3.63) is 86.7 Å². The number of amides is 1. The second kappa shape index (κ2) is 11.2. The van der Waals surface area contributed by atoms with Gasteiger partial charge in [-0.15, -0.1) is 11.3 Å². The van der Waals surface area contributed by atoms with Crippen LogP contribution in [0.5, 0.6) is 5.75 Å². The Labute approximate surface area is 217 Å². The van der Waals surface area contributed by atoms with Gasteiger partial charge in [-0.3, -0.25) is 4.79 Å².